The number of hydrogen-bond acceptors (Lipinski definition) is 4. The number of benzene rings is 1. The van der Waals surface area contributed by atoms with E-state index >= 15 is 0 Å². The Morgan fingerprint density at radius 2 is 1.75 bits per heavy atom. The van der Waals surface area contributed by atoms with Crippen LogP contribution in [0.25, 0.3) is 6.08 Å². The van der Waals surface area contributed by atoms with Crippen molar-refractivity contribution in [3.05, 3.63) is 41.5 Å². The van der Waals surface area contributed by atoms with Crippen molar-refractivity contribution in [1.29, 1.82) is 0 Å². The van der Waals surface area contributed by atoms with E-state index in [1.807, 2.05) is 24.3 Å². The number of rotatable bonds is 10. The lowest BCUT2D eigenvalue weighted by molar-refractivity contribution is -0.131. The summed E-state index contributed by atoms with van der Waals surface area (Å²) in [5, 5.41) is 8.52. The second kappa shape index (κ2) is 10.1. The summed E-state index contributed by atoms with van der Waals surface area (Å²) in [5.74, 6) is -0.953. The van der Waals surface area contributed by atoms with E-state index < -0.39 is 5.97 Å². The van der Waals surface area contributed by atoms with Crippen molar-refractivity contribution in [3.63, 3.8) is 0 Å². The molecular formula is C15H20O5. The molecule has 0 aliphatic heterocycles. The molecule has 0 aliphatic carbocycles. The fourth-order valence-corrected chi connectivity index (χ4v) is 1.44. The highest BCUT2D eigenvalue weighted by Crippen LogP contribution is 2.07. The van der Waals surface area contributed by atoms with Gasteiger partial charge in [0.15, 0.2) is 0 Å². The third-order valence-corrected chi connectivity index (χ3v) is 2.47. The molecule has 0 fully saturated rings. The van der Waals surface area contributed by atoms with Crippen LogP contribution in [0.3, 0.4) is 0 Å². The van der Waals surface area contributed by atoms with Crippen LogP contribution in [0.4, 0.5) is 0 Å². The topological polar surface area (TPSA) is 65.0 Å². The van der Waals surface area contributed by atoms with Crippen molar-refractivity contribution in [2.24, 2.45) is 0 Å². The summed E-state index contributed by atoms with van der Waals surface area (Å²) in [6.07, 6.45) is 2.67. The van der Waals surface area contributed by atoms with Gasteiger partial charge in [0.25, 0.3) is 0 Å². The van der Waals surface area contributed by atoms with Gasteiger partial charge in [-0.25, -0.2) is 4.79 Å². The van der Waals surface area contributed by atoms with Crippen LogP contribution >= 0.6 is 0 Å². The van der Waals surface area contributed by atoms with Gasteiger partial charge in [-0.05, 0) is 17.2 Å². The molecule has 0 aromatic heterocycles. The van der Waals surface area contributed by atoms with Gasteiger partial charge in [0.2, 0.25) is 0 Å². The highest BCUT2D eigenvalue weighted by molar-refractivity contribution is 5.85. The van der Waals surface area contributed by atoms with E-state index in [-0.39, 0.29) is 0 Å². The Bertz CT molecular complexity index is 411. The Labute approximate surface area is 118 Å². The molecule has 0 radical (unpaired) electrons. The molecule has 0 bridgehead atoms. The van der Waals surface area contributed by atoms with Crippen molar-refractivity contribution in [2.75, 3.05) is 33.5 Å². The fourth-order valence-electron chi connectivity index (χ4n) is 1.44. The van der Waals surface area contributed by atoms with E-state index in [4.69, 9.17) is 19.3 Å². The number of hydrogen-bond donors (Lipinski definition) is 1. The first-order chi connectivity index (χ1) is 9.72. The molecule has 5 heteroatoms. The first-order valence-corrected chi connectivity index (χ1v) is 6.36. The molecule has 0 unspecified atom stereocenters. The van der Waals surface area contributed by atoms with E-state index in [1.54, 1.807) is 13.2 Å². The Hall–Kier alpha value is -1.69. The van der Waals surface area contributed by atoms with E-state index in [1.165, 1.54) is 0 Å². The summed E-state index contributed by atoms with van der Waals surface area (Å²) < 4.78 is 15.6. The molecule has 110 valence electrons. The normalized spacial score (nSPS) is 11.1. The highest BCUT2D eigenvalue weighted by Gasteiger charge is 1.95. The smallest absolute Gasteiger partial charge is 0.328 e. The second-order valence-corrected chi connectivity index (χ2v) is 4.07. The van der Waals surface area contributed by atoms with Crippen LogP contribution in [0.2, 0.25) is 0 Å². The number of ether oxygens (including phenoxy) is 3. The largest absolute Gasteiger partial charge is 0.478 e. The zero-order valence-electron chi connectivity index (χ0n) is 11.6. The Balaban J connectivity index is 2.20. The van der Waals surface area contributed by atoms with Crippen LogP contribution in [0.15, 0.2) is 30.3 Å². The van der Waals surface area contributed by atoms with Crippen LogP contribution in [0.5, 0.6) is 0 Å². The maximum atomic E-state index is 10.4. The molecule has 1 aromatic carbocycles. The lowest BCUT2D eigenvalue weighted by atomic mass is 10.1. The van der Waals surface area contributed by atoms with Gasteiger partial charge in [0.1, 0.15) is 0 Å². The van der Waals surface area contributed by atoms with Crippen LogP contribution in [0, 0.1) is 0 Å². The van der Waals surface area contributed by atoms with Gasteiger partial charge in [-0.2, -0.15) is 0 Å². The number of aliphatic carboxylic acids is 1. The van der Waals surface area contributed by atoms with E-state index in [2.05, 4.69) is 0 Å². The highest BCUT2D eigenvalue weighted by atomic mass is 16.5. The third kappa shape index (κ3) is 7.68. The van der Waals surface area contributed by atoms with Crippen LogP contribution < -0.4 is 0 Å². The molecule has 5 nitrogen and oxygen atoms in total. The summed E-state index contributed by atoms with van der Waals surface area (Å²) >= 11 is 0. The standard InChI is InChI=1S/C15H20O5/c1-18-8-9-19-10-11-20-12-14-4-2-13(3-5-14)6-7-15(16)17/h2-7H,8-12H2,1H3,(H,16,17)/b7-6+. The monoisotopic (exact) mass is 280 g/mol. The van der Waals surface area contributed by atoms with Crippen molar-refractivity contribution in [2.45, 2.75) is 6.61 Å². The minimum absolute atomic E-state index is 0.510. The summed E-state index contributed by atoms with van der Waals surface area (Å²) in [6, 6.07) is 7.53. The Kier molecular flexibility index (Phi) is 8.30. The predicted octanol–water partition coefficient (Wildman–Crippen LogP) is 1.96. The van der Waals surface area contributed by atoms with Crippen LogP contribution in [0.1, 0.15) is 11.1 Å². The van der Waals surface area contributed by atoms with Gasteiger partial charge in [0, 0.05) is 13.2 Å². The minimum Gasteiger partial charge on any atom is -0.478 e. The van der Waals surface area contributed by atoms with Crippen LogP contribution in [-0.2, 0) is 25.6 Å². The first-order valence-electron chi connectivity index (χ1n) is 6.36. The average Bonchev–Trinajstić information content (AvgIpc) is 2.45. The van der Waals surface area contributed by atoms with Gasteiger partial charge in [-0.1, -0.05) is 24.3 Å². The summed E-state index contributed by atoms with van der Waals surface area (Å²) in [7, 11) is 1.63. The molecule has 1 aromatic rings. The maximum Gasteiger partial charge on any atom is 0.328 e. The molecule has 20 heavy (non-hydrogen) atoms. The zero-order chi connectivity index (χ0) is 14.6. The molecule has 0 saturated heterocycles. The fraction of sp³-hybridized carbons (Fsp3) is 0.400. The second-order valence-electron chi connectivity index (χ2n) is 4.07. The maximum absolute atomic E-state index is 10.4. The Morgan fingerprint density at radius 3 is 2.40 bits per heavy atom. The molecule has 0 amide bonds. The quantitative estimate of drug-likeness (QED) is 0.524. The van der Waals surface area contributed by atoms with Crippen LogP contribution in [-0.4, -0.2) is 44.6 Å². The lowest BCUT2D eigenvalue weighted by Crippen LogP contribution is -2.08. The van der Waals surface area contributed by atoms with Gasteiger partial charge >= 0.3 is 5.97 Å². The number of methoxy groups -OCH3 is 1. The molecule has 0 heterocycles. The number of carboxylic acid groups (broad SMARTS) is 1. The molecule has 0 aliphatic rings. The summed E-state index contributed by atoms with van der Waals surface area (Å²) in [5.41, 5.74) is 1.88. The molecule has 0 atom stereocenters. The molecule has 0 saturated carbocycles. The SMILES string of the molecule is COCCOCCOCc1ccc(/C=C/C(=O)O)cc1. The summed E-state index contributed by atoms with van der Waals surface area (Å²) in [4.78, 5) is 10.4. The number of carboxylic acids is 1. The minimum atomic E-state index is -0.953. The van der Waals surface area contributed by atoms with Crippen molar-refractivity contribution in [3.8, 4) is 0 Å². The molecule has 0 spiro atoms. The van der Waals surface area contributed by atoms with Crippen molar-refractivity contribution >= 4 is 12.0 Å². The summed E-state index contributed by atoms with van der Waals surface area (Å²) in [6.45, 7) is 2.75. The third-order valence-electron chi connectivity index (χ3n) is 2.47. The average molecular weight is 280 g/mol. The van der Waals surface area contributed by atoms with Gasteiger partial charge in [-0.15, -0.1) is 0 Å². The van der Waals surface area contributed by atoms with Gasteiger partial charge in [-0.3, -0.25) is 0 Å². The molecular weight excluding hydrogens is 260 g/mol. The predicted molar refractivity (Wildman–Crippen MR) is 75.5 cm³/mol. The van der Waals surface area contributed by atoms with E-state index in [0.29, 0.717) is 33.0 Å². The molecule has 1 rings (SSSR count). The van der Waals surface area contributed by atoms with Crippen molar-refractivity contribution in [1.82, 2.24) is 0 Å². The first kappa shape index (κ1) is 16.4. The van der Waals surface area contributed by atoms with E-state index in [9.17, 15) is 4.79 Å². The number of carbonyl (C=O) groups is 1. The van der Waals surface area contributed by atoms with Gasteiger partial charge < -0.3 is 19.3 Å². The van der Waals surface area contributed by atoms with Gasteiger partial charge in [0.05, 0.1) is 33.0 Å². The Morgan fingerprint density at radius 1 is 1.10 bits per heavy atom. The van der Waals surface area contributed by atoms with E-state index in [0.717, 1.165) is 17.2 Å². The van der Waals surface area contributed by atoms with Crippen molar-refractivity contribution < 1.29 is 24.1 Å². The zero-order valence-corrected chi connectivity index (χ0v) is 11.6. The molecule has 1 N–H and O–H groups in total. The lowest BCUT2D eigenvalue weighted by Gasteiger charge is -2.06.